The molecule has 0 aliphatic rings. The highest BCUT2D eigenvalue weighted by atomic mass is 127. The second-order valence-corrected chi connectivity index (χ2v) is 4.57. The predicted molar refractivity (Wildman–Crippen MR) is 69.6 cm³/mol. The lowest BCUT2D eigenvalue weighted by atomic mass is 10.1. The van der Waals surface area contributed by atoms with Crippen LogP contribution in [0.2, 0.25) is 0 Å². The number of nitrogens with two attached hydrogens (primary N) is 1. The lowest BCUT2D eigenvalue weighted by Crippen LogP contribution is -2.17. The standard InChI is InChI=1S/C11H16INO2/c1-7(13)4-8-5-9(14-2)11(12)10(6-8)15-3/h5-7H,4,13H2,1-3H3. The number of ether oxygens (including phenoxy) is 2. The molecule has 0 heterocycles. The molecule has 0 spiro atoms. The van der Waals surface area contributed by atoms with Crippen LogP contribution >= 0.6 is 22.6 Å². The third-order valence-corrected chi connectivity index (χ3v) is 3.13. The Morgan fingerprint density at radius 3 is 2.07 bits per heavy atom. The number of halogens is 1. The molecule has 0 bridgehead atoms. The van der Waals surface area contributed by atoms with Gasteiger partial charge in [-0.3, -0.25) is 0 Å². The zero-order valence-electron chi connectivity index (χ0n) is 9.21. The summed E-state index contributed by atoms with van der Waals surface area (Å²) in [7, 11) is 3.32. The fraction of sp³-hybridized carbons (Fsp3) is 0.455. The van der Waals surface area contributed by atoms with E-state index in [0.29, 0.717) is 0 Å². The average Bonchev–Trinajstić information content (AvgIpc) is 2.19. The summed E-state index contributed by atoms with van der Waals surface area (Å²) in [5.41, 5.74) is 6.90. The molecule has 1 aromatic carbocycles. The van der Waals surface area contributed by atoms with Crippen LogP contribution < -0.4 is 15.2 Å². The molecule has 0 fully saturated rings. The van der Waals surface area contributed by atoms with Crippen molar-refractivity contribution in [1.82, 2.24) is 0 Å². The fourth-order valence-corrected chi connectivity index (χ4v) is 2.17. The number of hydrogen-bond acceptors (Lipinski definition) is 3. The van der Waals surface area contributed by atoms with E-state index in [0.717, 1.165) is 27.1 Å². The molecule has 0 aliphatic heterocycles. The van der Waals surface area contributed by atoms with Crippen molar-refractivity contribution in [2.24, 2.45) is 5.73 Å². The Balaban J connectivity index is 3.09. The first-order chi connectivity index (χ1) is 7.08. The molecule has 1 rings (SSSR count). The zero-order valence-corrected chi connectivity index (χ0v) is 11.4. The van der Waals surface area contributed by atoms with Gasteiger partial charge >= 0.3 is 0 Å². The molecule has 0 saturated carbocycles. The van der Waals surface area contributed by atoms with E-state index < -0.39 is 0 Å². The maximum Gasteiger partial charge on any atom is 0.136 e. The molecular weight excluding hydrogens is 305 g/mol. The monoisotopic (exact) mass is 321 g/mol. The largest absolute Gasteiger partial charge is 0.495 e. The lowest BCUT2D eigenvalue weighted by molar-refractivity contribution is 0.388. The number of benzene rings is 1. The molecule has 15 heavy (non-hydrogen) atoms. The molecule has 1 aromatic rings. The molecule has 0 amide bonds. The lowest BCUT2D eigenvalue weighted by Gasteiger charge is -2.12. The van der Waals surface area contributed by atoms with E-state index >= 15 is 0 Å². The Hall–Kier alpha value is -0.490. The molecule has 0 aliphatic carbocycles. The second kappa shape index (κ2) is 5.55. The first-order valence-corrected chi connectivity index (χ1v) is 5.82. The van der Waals surface area contributed by atoms with Gasteiger partial charge in [-0.15, -0.1) is 0 Å². The van der Waals surface area contributed by atoms with Crippen LogP contribution in [0.5, 0.6) is 11.5 Å². The number of hydrogen-bond donors (Lipinski definition) is 1. The Bertz CT molecular complexity index is 314. The molecule has 0 radical (unpaired) electrons. The normalized spacial score (nSPS) is 12.3. The predicted octanol–water partition coefficient (Wildman–Crippen LogP) is 2.20. The van der Waals surface area contributed by atoms with Crippen LogP contribution in [0.3, 0.4) is 0 Å². The van der Waals surface area contributed by atoms with Gasteiger partial charge in [0.05, 0.1) is 17.8 Å². The molecule has 1 unspecified atom stereocenters. The van der Waals surface area contributed by atoms with Gasteiger partial charge in [0, 0.05) is 6.04 Å². The fourth-order valence-electron chi connectivity index (χ4n) is 1.41. The van der Waals surface area contributed by atoms with Crippen LogP contribution in [0.15, 0.2) is 12.1 Å². The quantitative estimate of drug-likeness (QED) is 0.865. The van der Waals surface area contributed by atoms with Crippen molar-refractivity contribution in [2.45, 2.75) is 19.4 Å². The maximum atomic E-state index is 5.76. The van der Waals surface area contributed by atoms with Crippen LogP contribution in [0, 0.1) is 3.57 Å². The summed E-state index contributed by atoms with van der Waals surface area (Å²) >= 11 is 2.21. The van der Waals surface area contributed by atoms with Crippen LogP contribution in [0.1, 0.15) is 12.5 Å². The minimum absolute atomic E-state index is 0.138. The first kappa shape index (κ1) is 12.6. The van der Waals surface area contributed by atoms with Gasteiger partial charge in [-0.05, 0) is 53.6 Å². The van der Waals surface area contributed by atoms with Gasteiger partial charge in [0.2, 0.25) is 0 Å². The molecular formula is C11H16INO2. The van der Waals surface area contributed by atoms with E-state index in [4.69, 9.17) is 15.2 Å². The second-order valence-electron chi connectivity index (χ2n) is 3.50. The van der Waals surface area contributed by atoms with Gasteiger partial charge in [-0.2, -0.15) is 0 Å². The van der Waals surface area contributed by atoms with Crippen LogP contribution in [-0.2, 0) is 6.42 Å². The summed E-state index contributed by atoms with van der Waals surface area (Å²) in [5, 5.41) is 0. The van der Waals surface area contributed by atoms with E-state index in [1.54, 1.807) is 14.2 Å². The van der Waals surface area contributed by atoms with Crippen molar-refractivity contribution in [3.8, 4) is 11.5 Å². The molecule has 0 saturated heterocycles. The summed E-state index contributed by atoms with van der Waals surface area (Å²) in [6.07, 6.45) is 0.823. The van der Waals surface area contributed by atoms with Crippen molar-refractivity contribution >= 4 is 22.6 Å². The van der Waals surface area contributed by atoms with Crippen molar-refractivity contribution in [3.63, 3.8) is 0 Å². The zero-order chi connectivity index (χ0) is 11.4. The van der Waals surface area contributed by atoms with E-state index in [9.17, 15) is 0 Å². The Labute approximate surface area is 104 Å². The third kappa shape index (κ3) is 3.24. The van der Waals surface area contributed by atoms with Crippen LogP contribution in [-0.4, -0.2) is 20.3 Å². The van der Waals surface area contributed by atoms with E-state index in [1.807, 2.05) is 19.1 Å². The van der Waals surface area contributed by atoms with Crippen molar-refractivity contribution in [1.29, 1.82) is 0 Å². The van der Waals surface area contributed by atoms with E-state index in [2.05, 4.69) is 22.6 Å². The van der Waals surface area contributed by atoms with E-state index in [1.165, 1.54) is 0 Å². The van der Waals surface area contributed by atoms with Gasteiger partial charge in [0.15, 0.2) is 0 Å². The van der Waals surface area contributed by atoms with Crippen LogP contribution in [0.4, 0.5) is 0 Å². The summed E-state index contributed by atoms with van der Waals surface area (Å²) in [4.78, 5) is 0. The summed E-state index contributed by atoms with van der Waals surface area (Å²) in [6.45, 7) is 1.98. The number of rotatable bonds is 4. The van der Waals surface area contributed by atoms with Crippen molar-refractivity contribution < 1.29 is 9.47 Å². The summed E-state index contributed by atoms with van der Waals surface area (Å²) < 4.78 is 11.6. The van der Waals surface area contributed by atoms with Crippen molar-refractivity contribution in [2.75, 3.05) is 14.2 Å². The van der Waals surface area contributed by atoms with Gasteiger partial charge < -0.3 is 15.2 Å². The van der Waals surface area contributed by atoms with Gasteiger partial charge in [-0.1, -0.05) is 0 Å². The van der Waals surface area contributed by atoms with Crippen LogP contribution in [0.25, 0.3) is 0 Å². The topological polar surface area (TPSA) is 44.5 Å². The third-order valence-electron chi connectivity index (χ3n) is 2.06. The number of methoxy groups -OCH3 is 2. The molecule has 1 atom stereocenters. The van der Waals surface area contributed by atoms with Gasteiger partial charge in [0.1, 0.15) is 11.5 Å². The molecule has 0 aromatic heterocycles. The summed E-state index contributed by atoms with van der Waals surface area (Å²) in [6, 6.07) is 4.15. The smallest absolute Gasteiger partial charge is 0.136 e. The highest BCUT2D eigenvalue weighted by Crippen LogP contribution is 2.32. The molecule has 4 heteroatoms. The molecule has 2 N–H and O–H groups in total. The highest BCUT2D eigenvalue weighted by molar-refractivity contribution is 14.1. The average molecular weight is 321 g/mol. The minimum Gasteiger partial charge on any atom is -0.495 e. The Morgan fingerprint density at radius 2 is 1.73 bits per heavy atom. The van der Waals surface area contributed by atoms with Crippen molar-refractivity contribution in [3.05, 3.63) is 21.3 Å². The van der Waals surface area contributed by atoms with Gasteiger partial charge in [0.25, 0.3) is 0 Å². The Kier molecular flexibility index (Phi) is 4.66. The highest BCUT2D eigenvalue weighted by Gasteiger charge is 2.10. The van der Waals surface area contributed by atoms with E-state index in [-0.39, 0.29) is 6.04 Å². The first-order valence-electron chi connectivity index (χ1n) is 4.74. The van der Waals surface area contributed by atoms with Gasteiger partial charge in [-0.25, -0.2) is 0 Å². The minimum atomic E-state index is 0.138. The SMILES string of the molecule is COc1cc(CC(C)N)cc(OC)c1I. The summed E-state index contributed by atoms with van der Waals surface area (Å²) in [5.74, 6) is 1.68. The maximum absolute atomic E-state index is 5.76. The Morgan fingerprint density at radius 1 is 1.27 bits per heavy atom. The molecule has 84 valence electrons. The molecule has 3 nitrogen and oxygen atoms in total.